The molecule has 0 amide bonds. The van der Waals surface area contributed by atoms with Crippen molar-refractivity contribution >= 4 is 0 Å². The lowest BCUT2D eigenvalue weighted by Gasteiger charge is -2.26. The van der Waals surface area contributed by atoms with Crippen LogP contribution in [0.4, 0.5) is 0 Å². The quantitative estimate of drug-likeness (QED) is 0.847. The van der Waals surface area contributed by atoms with Crippen molar-refractivity contribution in [2.75, 3.05) is 0 Å². The van der Waals surface area contributed by atoms with Crippen LogP contribution in [0.5, 0.6) is 0 Å². The van der Waals surface area contributed by atoms with Gasteiger partial charge in [-0.2, -0.15) is 0 Å². The molecule has 2 aliphatic carbocycles. The van der Waals surface area contributed by atoms with E-state index >= 15 is 0 Å². The first-order valence-corrected chi connectivity index (χ1v) is 7.70. The lowest BCUT2D eigenvalue weighted by molar-refractivity contribution is 0.313. The Morgan fingerprint density at radius 2 is 1.94 bits per heavy atom. The Balaban J connectivity index is 1.82. The van der Waals surface area contributed by atoms with Crippen molar-refractivity contribution in [3.63, 3.8) is 0 Å². The average molecular weight is 246 g/mol. The number of aromatic nitrogens is 1. The van der Waals surface area contributed by atoms with Crippen LogP contribution in [0.3, 0.4) is 0 Å². The van der Waals surface area contributed by atoms with Crippen molar-refractivity contribution in [1.29, 1.82) is 0 Å². The van der Waals surface area contributed by atoms with E-state index in [-0.39, 0.29) is 0 Å². The summed E-state index contributed by atoms with van der Waals surface area (Å²) in [6.45, 7) is 3.50. The monoisotopic (exact) mass is 246 g/mol. The number of nitrogens with two attached hydrogens (primary N) is 1. The zero-order valence-electron chi connectivity index (χ0n) is 11.6. The maximum absolute atomic E-state index is 6.25. The van der Waals surface area contributed by atoms with Gasteiger partial charge in [0, 0.05) is 24.0 Å². The van der Waals surface area contributed by atoms with Crippen LogP contribution in [0.15, 0.2) is 6.07 Å². The summed E-state index contributed by atoms with van der Waals surface area (Å²) >= 11 is 0. The minimum atomic E-state index is 0.292. The predicted octanol–water partition coefficient (Wildman–Crippen LogP) is 3.71. The Labute approximate surface area is 111 Å². The van der Waals surface area contributed by atoms with E-state index in [1.165, 1.54) is 69.2 Å². The van der Waals surface area contributed by atoms with E-state index in [4.69, 9.17) is 5.73 Å². The van der Waals surface area contributed by atoms with E-state index in [9.17, 15) is 0 Å². The molecule has 1 atom stereocenters. The van der Waals surface area contributed by atoms with Crippen LogP contribution >= 0.6 is 0 Å². The molecule has 2 heteroatoms. The number of rotatable bonds is 2. The molecule has 2 N–H and O–H groups in total. The van der Waals surface area contributed by atoms with Crippen molar-refractivity contribution in [3.8, 4) is 0 Å². The molecule has 0 bridgehead atoms. The minimum Gasteiger partial charge on any atom is -0.348 e. The second-order valence-electron chi connectivity index (χ2n) is 6.30. The fraction of sp³-hybridized carbons (Fsp3) is 0.750. The highest BCUT2D eigenvalue weighted by Crippen LogP contribution is 2.33. The summed E-state index contributed by atoms with van der Waals surface area (Å²) in [5.41, 5.74) is 10.7. The van der Waals surface area contributed by atoms with Crippen LogP contribution in [0, 0.1) is 12.8 Å². The third-order valence-corrected chi connectivity index (χ3v) is 4.94. The van der Waals surface area contributed by atoms with Gasteiger partial charge in [0.25, 0.3) is 0 Å². The van der Waals surface area contributed by atoms with E-state index in [2.05, 4.69) is 17.6 Å². The van der Waals surface area contributed by atoms with Crippen molar-refractivity contribution in [2.45, 2.75) is 70.9 Å². The van der Waals surface area contributed by atoms with Gasteiger partial charge in [0.15, 0.2) is 0 Å². The Hall–Kier alpha value is -0.760. The molecular weight excluding hydrogens is 220 g/mol. The zero-order chi connectivity index (χ0) is 12.5. The summed E-state index contributed by atoms with van der Waals surface area (Å²) in [6, 6.07) is 2.64. The fourth-order valence-corrected chi connectivity index (χ4v) is 3.88. The second kappa shape index (κ2) is 5.08. The molecule has 0 saturated heterocycles. The molecule has 100 valence electrons. The van der Waals surface area contributed by atoms with Gasteiger partial charge in [0.2, 0.25) is 0 Å². The molecule has 3 rings (SSSR count). The number of hydrogen-bond acceptors (Lipinski definition) is 1. The third-order valence-electron chi connectivity index (χ3n) is 4.94. The molecule has 1 unspecified atom stereocenters. The van der Waals surface area contributed by atoms with Crippen molar-refractivity contribution in [2.24, 2.45) is 11.7 Å². The second-order valence-corrected chi connectivity index (χ2v) is 6.30. The zero-order valence-corrected chi connectivity index (χ0v) is 11.6. The molecule has 1 aromatic heterocycles. The Morgan fingerprint density at radius 3 is 2.72 bits per heavy atom. The van der Waals surface area contributed by atoms with Gasteiger partial charge in [-0.25, -0.2) is 0 Å². The van der Waals surface area contributed by atoms with Crippen molar-refractivity contribution in [1.82, 2.24) is 4.57 Å². The lowest BCUT2D eigenvalue weighted by atomic mass is 9.89. The van der Waals surface area contributed by atoms with E-state index in [1.807, 2.05) is 0 Å². The first-order valence-electron chi connectivity index (χ1n) is 7.70. The molecule has 2 aliphatic rings. The smallest absolute Gasteiger partial charge is 0.0313 e. The van der Waals surface area contributed by atoms with E-state index in [0.29, 0.717) is 6.04 Å². The van der Waals surface area contributed by atoms with Gasteiger partial charge < -0.3 is 10.3 Å². The molecular formula is C16H26N2. The van der Waals surface area contributed by atoms with Crippen molar-refractivity contribution < 1.29 is 0 Å². The van der Waals surface area contributed by atoms with Crippen LogP contribution in [0.1, 0.15) is 67.9 Å². The molecule has 0 spiro atoms. The molecule has 18 heavy (non-hydrogen) atoms. The first kappa shape index (κ1) is 12.3. The van der Waals surface area contributed by atoms with Gasteiger partial charge >= 0.3 is 0 Å². The van der Waals surface area contributed by atoms with Gasteiger partial charge in [-0.3, -0.25) is 0 Å². The van der Waals surface area contributed by atoms with Crippen LogP contribution < -0.4 is 5.73 Å². The summed E-state index contributed by atoms with van der Waals surface area (Å²) < 4.78 is 2.59. The van der Waals surface area contributed by atoms with E-state index in [1.54, 1.807) is 5.69 Å². The van der Waals surface area contributed by atoms with Crippen LogP contribution in [0.25, 0.3) is 0 Å². The normalized spacial score (nSPS) is 25.1. The summed E-state index contributed by atoms with van der Waals surface area (Å²) in [5, 5.41) is 0. The SMILES string of the molecule is Cc1cc2c(n1CC1CCCCC1)CCCC2N. The molecule has 1 fully saturated rings. The van der Waals surface area contributed by atoms with Crippen LogP contribution in [-0.2, 0) is 13.0 Å². The number of hydrogen-bond donors (Lipinski definition) is 1. The maximum atomic E-state index is 6.25. The predicted molar refractivity (Wildman–Crippen MR) is 75.6 cm³/mol. The summed E-state index contributed by atoms with van der Waals surface area (Å²) in [7, 11) is 0. The number of fused-ring (bicyclic) bond motifs is 1. The van der Waals surface area contributed by atoms with Crippen LogP contribution in [-0.4, -0.2) is 4.57 Å². The van der Waals surface area contributed by atoms with E-state index < -0.39 is 0 Å². The third kappa shape index (κ3) is 2.23. The molecule has 2 nitrogen and oxygen atoms in total. The van der Waals surface area contributed by atoms with Gasteiger partial charge in [-0.05, 0) is 56.6 Å². The van der Waals surface area contributed by atoms with Crippen LogP contribution in [0.2, 0.25) is 0 Å². The summed E-state index contributed by atoms with van der Waals surface area (Å²) in [4.78, 5) is 0. The first-order chi connectivity index (χ1) is 8.75. The Kier molecular flexibility index (Phi) is 3.47. The highest BCUT2D eigenvalue weighted by atomic mass is 15.0. The van der Waals surface area contributed by atoms with Crippen molar-refractivity contribution in [3.05, 3.63) is 23.0 Å². The maximum Gasteiger partial charge on any atom is 0.0313 e. The molecule has 1 saturated carbocycles. The fourth-order valence-electron chi connectivity index (χ4n) is 3.88. The highest BCUT2D eigenvalue weighted by Gasteiger charge is 2.23. The van der Waals surface area contributed by atoms with E-state index in [0.717, 1.165) is 5.92 Å². The topological polar surface area (TPSA) is 30.9 Å². The van der Waals surface area contributed by atoms with Gasteiger partial charge in [-0.15, -0.1) is 0 Å². The molecule has 0 aromatic carbocycles. The molecule has 1 heterocycles. The van der Waals surface area contributed by atoms with Gasteiger partial charge in [0.1, 0.15) is 0 Å². The average Bonchev–Trinajstić information content (AvgIpc) is 2.70. The highest BCUT2D eigenvalue weighted by molar-refractivity contribution is 5.32. The summed E-state index contributed by atoms with van der Waals surface area (Å²) in [6.07, 6.45) is 10.9. The van der Waals surface area contributed by atoms with Gasteiger partial charge in [-0.1, -0.05) is 19.3 Å². The molecule has 1 aromatic rings. The summed E-state index contributed by atoms with van der Waals surface area (Å²) in [5.74, 6) is 0.909. The number of nitrogens with zero attached hydrogens (tertiary/aromatic N) is 1. The number of aryl methyl sites for hydroxylation is 1. The largest absolute Gasteiger partial charge is 0.348 e. The minimum absolute atomic E-state index is 0.292. The lowest BCUT2D eigenvalue weighted by Crippen LogP contribution is -2.21. The molecule has 0 aliphatic heterocycles. The molecule has 0 radical (unpaired) electrons. The Bertz CT molecular complexity index is 413. The Morgan fingerprint density at radius 1 is 1.17 bits per heavy atom. The van der Waals surface area contributed by atoms with Gasteiger partial charge in [0.05, 0.1) is 0 Å². The standard InChI is InChI=1S/C16H26N2/c1-12-10-14-15(17)8-5-9-16(14)18(12)11-13-6-3-2-4-7-13/h10,13,15H,2-9,11,17H2,1H3.